The summed E-state index contributed by atoms with van der Waals surface area (Å²) in [4.78, 5) is 16.6. The lowest BCUT2D eigenvalue weighted by molar-refractivity contribution is -0.107. The predicted molar refractivity (Wildman–Crippen MR) is 324 cm³/mol. The molecular formula is C67H98N4O3. The molecule has 4 aromatic carbocycles. The molecule has 0 unspecified atom stereocenters. The zero-order valence-corrected chi connectivity index (χ0v) is 48.0. The Bertz CT molecular complexity index is 2380. The Hall–Kier alpha value is -6.18. The maximum absolute atomic E-state index is 8.58. The minimum absolute atomic E-state index is 0.0810. The second kappa shape index (κ2) is 32.9. The fourth-order valence-electron chi connectivity index (χ4n) is 8.49. The van der Waals surface area contributed by atoms with E-state index < -0.39 is 5.60 Å². The highest BCUT2D eigenvalue weighted by atomic mass is 16.5. The van der Waals surface area contributed by atoms with Crippen LogP contribution in [0.25, 0.3) is 22.3 Å². The third-order valence-electron chi connectivity index (χ3n) is 13.5. The number of benzene rings is 4. The number of primary amides is 1. The smallest absolute Gasteiger partial charge is 0.204 e. The molecule has 4 aromatic rings. The van der Waals surface area contributed by atoms with Gasteiger partial charge in [0.25, 0.3) is 0 Å². The van der Waals surface area contributed by atoms with E-state index in [-0.39, 0.29) is 22.7 Å². The molecular weight excluding hydrogens is 909 g/mol. The van der Waals surface area contributed by atoms with Crippen molar-refractivity contribution in [3.05, 3.63) is 193 Å². The largest absolute Gasteiger partial charge is 0.469 e. The van der Waals surface area contributed by atoms with Crippen LogP contribution in [0.5, 0.6) is 0 Å². The van der Waals surface area contributed by atoms with Crippen molar-refractivity contribution in [1.82, 2.24) is 10.6 Å². The first-order valence-electron chi connectivity index (χ1n) is 26.6. The monoisotopic (exact) mass is 1010 g/mol. The predicted octanol–water partition coefficient (Wildman–Crippen LogP) is 15.9. The standard InChI is InChI=1S/C52H75N3O.C13H18.CH3NO.CH2O/c1-39(2)48-23-19-24-49(37-48)50(7,8)33-16-15-21-44-27-31-47(32-28-44)42(5)52(11,12)56-43(6)55-36-18-14-13-17-35-54-40(3)38-51(9,10)41(4)46-29-25-45(26-30-46)22-20-34-53;1-10(2)11-7-6-8-12(9-11)13(3,4)5;2-1-3;1-2/h19,23-32,37,54-55H,1,3-6,13-18,20-22,33-36,38,53H2,2,7-12H3;6-9H,1H2,2-5H3;1H,(H2,2,3);1H2. The number of aryl methyl sites for hydroxylation is 2. The van der Waals surface area contributed by atoms with Crippen molar-refractivity contribution in [3.8, 4) is 0 Å². The van der Waals surface area contributed by atoms with Crippen molar-refractivity contribution in [3.63, 3.8) is 0 Å². The highest BCUT2D eigenvalue weighted by molar-refractivity contribution is 5.70. The lowest BCUT2D eigenvalue weighted by Crippen LogP contribution is -2.30. The maximum Gasteiger partial charge on any atom is 0.204 e. The lowest BCUT2D eigenvalue weighted by atomic mass is 9.77. The molecule has 0 aliphatic heterocycles. The van der Waals surface area contributed by atoms with E-state index in [9.17, 15) is 0 Å². The molecule has 404 valence electrons. The summed E-state index contributed by atoms with van der Waals surface area (Å²) >= 11 is 0. The third-order valence-corrected chi connectivity index (χ3v) is 13.5. The quantitative estimate of drug-likeness (QED) is 0.0256. The number of hydrogen-bond donors (Lipinski definition) is 4. The van der Waals surface area contributed by atoms with Crippen LogP contribution in [0.3, 0.4) is 0 Å². The summed E-state index contributed by atoms with van der Waals surface area (Å²) in [5.41, 5.74) is 25.2. The van der Waals surface area contributed by atoms with Gasteiger partial charge < -0.3 is 31.6 Å². The number of hydrogen-bond acceptors (Lipinski definition) is 6. The number of carbonyl (C=O) groups is 2. The SMILES string of the molecule is C=C(C)c1cccc(C(C)(C)C)c1.C=C(CC(C)(C)C(=C)c1ccc(CCCN)cc1)NCCCCCCNC(=C)OC(C)(C)C(=C)c1ccc(CCCCC(C)(C)c2cccc(C(=C)C)c2)cc1.C=O.NC=O. The fraction of sp³-hybridized carbons (Fsp3) is 0.433. The Morgan fingerprint density at radius 1 is 0.568 bits per heavy atom. The first-order valence-corrected chi connectivity index (χ1v) is 26.6. The molecule has 0 aliphatic carbocycles. The van der Waals surface area contributed by atoms with Crippen molar-refractivity contribution in [2.45, 2.75) is 163 Å². The topological polar surface area (TPSA) is 119 Å². The number of allylic oxidation sites excluding steroid dienone is 4. The zero-order valence-electron chi connectivity index (χ0n) is 48.0. The Kier molecular flexibility index (Phi) is 29.3. The number of nitrogens with two attached hydrogens (primary N) is 2. The highest BCUT2D eigenvalue weighted by Crippen LogP contribution is 2.38. The molecule has 0 radical (unpaired) electrons. The van der Waals surface area contributed by atoms with Crippen molar-refractivity contribution in [1.29, 1.82) is 0 Å². The van der Waals surface area contributed by atoms with Gasteiger partial charge in [-0.2, -0.15) is 0 Å². The molecule has 1 amide bonds. The van der Waals surface area contributed by atoms with E-state index in [0.717, 1.165) is 111 Å². The van der Waals surface area contributed by atoms with E-state index in [1.54, 1.807) is 0 Å². The van der Waals surface area contributed by atoms with Crippen LogP contribution < -0.4 is 22.1 Å². The lowest BCUT2D eigenvalue weighted by Gasteiger charge is -2.30. The Morgan fingerprint density at radius 2 is 1.01 bits per heavy atom. The van der Waals surface area contributed by atoms with Gasteiger partial charge in [0.05, 0.1) is 0 Å². The molecule has 7 nitrogen and oxygen atoms in total. The van der Waals surface area contributed by atoms with Crippen molar-refractivity contribution in [2.75, 3.05) is 19.6 Å². The Labute approximate surface area is 450 Å². The van der Waals surface area contributed by atoms with Crippen LogP contribution in [0.4, 0.5) is 0 Å². The van der Waals surface area contributed by atoms with Crippen LogP contribution in [0.1, 0.15) is 178 Å². The van der Waals surface area contributed by atoms with E-state index in [4.69, 9.17) is 20.1 Å². The van der Waals surface area contributed by atoms with E-state index in [0.29, 0.717) is 5.88 Å². The molecule has 0 atom stereocenters. The van der Waals surface area contributed by atoms with Gasteiger partial charge in [0, 0.05) is 18.8 Å². The summed E-state index contributed by atoms with van der Waals surface area (Å²) in [6.45, 7) is 54.0. The molecule has 0 aliphatic rings. The summed E-state index contributed by atoms with van der Waals surface area (Å²) in [6, 6.07) is 35.1. The number of carbonyl (C=O) groups excluding carboxylic acids is 2. The molecule has 0 saturated heterocycles. The highest BCUT2D eigenvalue weighted by Gasteiger charge is 2.27. The zero-order chi connectivity index (χ0) is 56.1. The van der Waals surface area contributed by atoms with Crippen molar-refractivity contribution >= 4 is 35.5 Å². The number of amides is 1. The van der Waals surface area contributed by atoms with Crippen LogP contribution in [0, 0.1) is 5.41 Å². The molecule has 0 saturated carbocycles. The van der Waals surface area contributed by atoms with Gasteiger partial charge in [-0.15, -0.1) is 0 Å². The number of unbranched alkanes of at least 4 members (excludes halogenated alkanes) is 4. The van der Waals surface area contributed by atoms with E-state index in [1.807, 2.05) is 13.7 Å². The van der Waals surface area contributed by atoms with Gasteiger partial charge in [0.2, 0.25) is 6.41 Å². The summed E-state index contributed by atoms with van der Waals surface area (Å²) in [7, 11) is 0. The Balaban J connectivity index is 0.00000129. The van der Waals surface area contributed by atoms with Crippen molar-refractivity contribution in [2.24, 2.45) is 16.9 Å². The van der Waals surface area contributed by atoms with Crippen LogP contribution >= 0.6 is 0 Å². The molecule has 4 rings (SSSR count). The van der Waals surface area contributed by atoms with Crippen LogP contribution in [-0.4, -0.2) is 38.4 Å². The van der Waals surface area contributed by atoms with Crippen LogP contribution in [0.2, 0.25) is 0 Å². The molecule has 0 spiro atoms. The first kappa shape index (κ1) is 65.8. The normalized spacial score (nSPS) is 11.2. The number of nitrogens with one attached hydrogen (secondary N) is 2. The van der Waals surface area contributed by atoms with Crippen LogP contribution in [0.15, 0.2) is 148 Å². The van der Waals surface area contributed by atoms with Gasteiger partial charge in [0.15, 0.2) is 5.88 Å². The minimum Gasteiger partial charge on any atom is -0.469 e. The Morgan fingerprint density at radius 3 is 1.49 bits per heavy atom. The number of rotatable bonds is 28. The molecule has 0 heterocycles. The molecule has 0 bridgehead atoms. The summed E-state index contributed by atoms with van der Waals surface area (Å²) in [5.74, 6) is 0.590. The van der Waals surface area contributed by atoms with E-state index >= 15 is 0 Å². The van der Waals surface area contributed by atoms with Gasteiger partial charge in [-0.1, -0.05) is 209 Å². The van der Waals surface area contributed by atoms with E-state index in [2.05, 4.69) is 222 Å². The average Bonchev–Trinajstić information content (AvgIpc) is 3.36. The summed E-state index contributed by atoms with van der Waals surface area (Å²) in [6.07, 6.45) is 12.2. The van der Waals surface area contributed by atoms with Gasteiger partial charge >= 0.3 is 0 Å². The molecule has 0 aromatic heterocycles. The molecule has 0 fully saturated rings. The van der Waals surface area contributed by atoms with Gasteiger partial charge in [-0.25, -0.2) is 0 Å². The molecule has 6 N–H and O–H groups in total. The minimum atomic E-state index is -0.581. The van der Waals surface area contributed by atoms with Gasteiger partial charge in [0.1, 0.15) is 12.4 Å². The van der Waals surface area contributed by atoms with E-state index in [1.165, 1.54) is 51.8 Å². The summed E-state index contributed by atoms with van der Waals surface area (Å²) < 4.78 is 6.29. The third kappa shape index (κ3) is 24.2. The fourth-order valence-corrected chi connectivity index (χ4v) is 8.49. The van der Waals surface area contributed by atoms with Gasteiger partial charge in [-0.05, 0) is 164 Å². The van der Waals surface area contributed by atoms with Crippen LogP contribution in [-0.2, 0) is 38.0 Å². The second-order valence-corrected chi connectivity index (χ2v) is 22.4. The maximum atomic E-state index is 8.58. The average molecular weight is 1010 g/mol. The first-order chi connectivity index (χ1) is 34.8. The molecule has 74 heavy (non-hydrogen) atoms. The number of ether oxygens (including phenoxy) is 1. The van der Waals surface area contributed by atoms with Gasteiger partial charge in [-0.3, -0.25) is 4.79 Å². The summed E-state index contributed by atoms with van der Waals surface area (Å²) in [5, 5.41) is 6.93. The molecule has 7 heteroatoms. The second-order valence-electron chi connectivity index (χ2n) is 22.4. The van der Waals surface area contributed by atoms with Crippen molar-refractivity contribution < 1.29 is 14.3 Å².